The molecule has 0 bridgehead atoms. The summed E-state index contributed by atoms with van der Waals surface area (Å²) in [6, 6.07) is 6.34. The van der Waals surface area contributed by atoms with Gasteiger partial charge in [0.05, 0.1) is 27.4 Å². The van der Waals surface area contributed by atoms with Gasteiger partial charge in [-0.15, -0.1) is 0 Å². The smallest absolute Gasteiger partial charge is 0.276 e. The predicted octanol–water partition coefficient (Wildman–Crippen LogP) is 5.38. The Hall–Kier alpha value is -3.04. The first kappa shape index (κ1) is 26.2. The Labute approximate surface area is 202 Å². The number of carbonyl (C=O) groups is 2. The van der Waals surface area contributed by atoms with E-state index in [1.807, 2.05) is 6.92 Å². The van der Waals surface area contributed by atoms with Crippen molar-refractivity contribution in [2.75, 3.05) is 31.9 Å². The van der Waals surface area contributed by atoms with Gasteiger partial charge >= 0.3 is 0 Å². The van der Waals surface area contributed by atoms with E-state index in [0.29, 0.717) is 36.2 Å². The number of methoxy groups -OCH3 is 2. The van der Waals surface area contributed by atoms with Crippen molar-refractivity contribution in [1.82, 2.24) is 0 Å². The number of benzene rings is 2. The van der Waals surface area contributed by atoms with Gasteiger partial charge in [0.25, 0.3) is 5.91 Å². The summed E-state index contributed by atoms with van der Waals surface area (Å²) >= 11 is 12.6. The highest BCUT2D eigenvalue weighted by molar-refractivity contribution is 6.39. The number of amides is 1. The van der Waals surface area contributed by atoms with Crippen LogP contribution in [-0.4, -0.2) is 45.2 Å². The molecule has 2 rings (SSSR count). The fraction of sp³-hybridized carbons (Fsp3) is 0.364. The van der Waals surface area contributed by atoms with Crippen molar-refractivity contribution >= 4 is 46.4 Å². The SMILES string of the molecule is CCOc1cc(N=NC(C(C)=O)C(=O)N(Cl)c2cc(OC)ccc2OC)c(Cl)c(OCC)c1. The minimum absolute atomic E-state index is 0.163. The number of ether oxygens (including phenoxy) is 4. The number of anilines is 1. The molecule has 1 unspecified atom stereocenters. The molecule has 0 radical (unpaired) electrons. The van der Waals surface area contributed by atoms with Gasteiger partial charge in [-0.05, 0) is 32.9 Å². The maximum absolute atomic E-state index is 13.0. The largest absolute Gasteiger partial charge is 0.497 e. The molecule has 0 saturated carbocycles. The number of carbonyl (C=O) groups excluding carboxylic acids is 2. The number of halogens is 2. The van der Waals surface area contributed by atoms with Gasteiger partial charge in [0.2, 0.25) is 6.04 Å². The Kier molecular flexibility index (Phi) is 9.74. The van der Waals surface area contributed by atoms with Gasteiger partial charge < -0.3 is 18.9 Å². The zero-order chi connectivity index (χ0) is 24.5. The second kappa shape index (κ2) is 12.3. The molecule has 0 heterocycles. The van der Waals surface area contributed by atoms with Crippen LogP contribution in [0.25, 0.3) is 0 Å². The summed E-state index contributed by atoms with van der Waals surface area (Å²) in [5, 5.41) is 8.13. The number of rotatable bonds is 11. The summed E-state index contributed by atoms with van der Waals surface area (Å²) in [7, 11) is 2.89. The summed E-state index contributed by atoms with van der Waals surface area (Å²) in [5.41, 5.74) is 0.352. The van der Waals surface area contributed by atoms with Gasteiger partial charge in [-0.3, -0.25) is 9.59 Å². The van der Waals surface area contributed by atoms with E-state index in [4.69, 9.17) is 42.3 Å². The molecule has 33 heavy (non-hydrogen) atoms. The maximum atomic E-state index is 13.0. The lowest BCUT2D eigenvalue weighted by molar-refractivity contribution is -0.126. The number of azo groups is 1. The number of Topliss-reactive ketones (excluding diaryl/α,β-unsaturated/α-hetero) is 1. The van der Waals surface area contributed by atoms with Crippen molar-refractivity contribution in [2.45, 2.75) is 26.8 Å². The van der Waals surface area contributed by atoms with Crippen LogP contribution in [0.3, 0.4) is 0 Å². The number of hydrogen-bond acceptors (Lipinski definition) is 8. The molecule has 2 aromatic carbocycles. The van der Waals surface area contributed by atoms with Crippen LogP contribution in [0.2, 0.25) is 5.02 Å². The summed E-state index contributed by atoms with van der Waals surface area (Å²) in [5.74, 6) is 0.121. The van der Waals surface area contributed by atoms with Crippen LogP contribution in [0.15, 0.2) is 40.6 Å². The highest BCUT2D eigenvalue weighted by Gasteiger charge is 2.30. The van der Waals surface area contributed by atoms with Crippen LogP contribution in [0.4, 0.5) is 11.4 Å². The van der Waals surface area contributed by atoms with Crippen LogP contribution in [0.5, 0.6) is 23.0 Å². The Morgan fingerprint density at radius 3 is 2.27 bits per heavy atom. The molecule has 0 N–H and O–H groups in total. The molecule has 9 nitrogen and oxygen atoms in total. The van der Waals surface area contributed by atoms with Crippen LogP contribution in [-0.2, 0) is 9.59 Å². The van der Waals surface area contributed by atoms with Gasteiger partial charge in [0.15, 0.2) is 5.78 Å². The zero-order valence-corrected chi connectivity index (χ0v) is 20.4. The maximum Gasteiger partial charge on any atom is 0.276 e. The second-order valence-electron chi connectivity index (χ2n) is 6.51. The Balaban J connectivity index is 2.42. The fourth-order valence-electron chi connectivity index (χ4n) is 2.74. The first-order valence-corrected chi connectivity index (χ1v) is 10.7. The monoisotopic (exact) mass is 497 g/mol. The Bertz CT molecular complexity index is 1030. The molecule has 0 fully saturated rings. The van der Waals surface area contributed by atoms with E-state index in [9.17, 15) is 9.59 Å². The molecule has 0 aliphatic rings. The molecule has 0 aromatic heterocycles. The van der Waals surface area contributed by atoms with Gasteiger partial charge in [0.1, 0.15) is 39.4 Å². The molecular formula is C22H25Cl2N3O6. The average molecular weight is 498 g/mol. The third-order valence-electron chi connectivity index (χ3n) is 4.30. The zero-order valence-electron chi connectivity index (χ0n) is 18.9. The molecule has 0 saturated heterocycles. The van der Waals surface area contributed by atoms with E-state index >= 15 is 0 Å². The lowest BCUT2D eigenvalue weighted by Gasteiger charge is -2.19. The van der Waals surface area contributed by atoms with E-state index in [1.165, 1.54) is 33.3 Å². The normalized spacial score (nSPS) is 11.7. The molecule has 11 heteroatoms. The lowest BCUT2D eigenvalue weighted by atomic mass is 10.2. The molecule has 2 aromatic rings. The highest BCUT2D eigenvalue weighted by atomic mass is 35.5. The highest BCUT2D eigenvalue weighted by Crippen LogP contribution is 2.39. The first-order chi connectivity index (χ1) is 15.8. The van der Waals surface area contributed by atoms with Crippen LogP contribution >= 0.6 is 23.4 Å². The molecule has 1 amide bonds. The van der Waals surface area contributed by atoms with Gasteiger partial charge in [-0.25, -0.2) is 4.42 Å². The van der Waals surface area contributed by atoms with Crippen molar-refractivity contribution < 1.29 is 28.5 Å². The third-order valence-corrected chi connectivity index (χ3v) is 5.02. The number of ketones is 1. The molecule has 1 atom stereocenters. The second-order valence-corrected chi connectivity index (χ2v) is 7.22. The topological polar surface area (TPSA) is 99.0 Å². The van der Waals surface area contributed by atoms with Crippen LogP contribution < -0.4 is 23.4 Å². The predicted molar refractivity (Wildman–Crippen MR) is 126 cm³/mol. The van der Waals surface area contributed by atoms with E-state index in [-0.39, 0.29) is 16.4 Å². The van der Waals surface area contributed by atoms with Crippen molar-refractivity contribution in [3.05, 3.63) is 35.4 Å². The van der Waals surface area contributed by atoms with Crippen molar-refractivity contribution in [1.29, 1.82) is 0 Å². The number of nitrogens with zero attached hydrogens (tertiary/aromatic N) is 3. The summed E-state index contributed by atoms with van der Waals surface area (Å²) in [6.45, 7) is 5.60. The molecule has 0 spiro atoms. The molecule has 178 valence electrons. The van der Waals surface area contributed by atoms with Crippen molar-refractivity contribution in [2.24, 2.45) is 10.2 Å². The van der Waals surface area contributed by atoms with E-state index in [0.717, 1.165) is 4.42 Å². The quantitative estimate of drug-likeness (QED) is 0.234. The molecule has 0 aliphatic carbocycles. The van der Waals surface area contributed by atoms with E-state index in [2.05, 4.69) is 10.2 Å². The van der Waals surface area contributed by atoms with Gasteiger partial charge in [-0.1, -0.05) is 11.6 Å². The van der Waals surface area contributed by atoms with Gasteiger partial charge in [0, 0.05) is 30.0 Å². The van der Waals surface area contributed by atoms with Crippen molar-refractivity contribution in [3.63, 3.8) is 0 Å². The summed E-state index contributed by atoms with van der Waals surface area (Å²) < 4.78 is 22.2. The van der Waals surface area contributed by atoms with Crippen LogP contribution in [0, 0.1) is 0 Å². The van der Waals surface area contributed by atoms with Gasteiger partial charge in [-0.2, -0.15) is 10.2 Å². The van der Waals surface area contributed by atoms with E-state index in [1.54, 1.807) is 25.1 Å². The van der Waals surface area contributed by atoms with E-state index < -0.39 is 17.7 Å². The molecular weight excluding hydrogens is 473 g/mol. The minimum atomic E-state index is -1.53. The third kappa shape index (κ3) is 6.49. The standard InChI is InChI=1S/C22H25Cl2N3O6/c1-6-32-15-10-16(20(23)19(12-15)33-7-2)25-26-21(13(3)28)22(29)27(24)17-11-14(30-4)8-9-18(17)31-5/h8-12,21H,6-7H2,1-5H3. The number of hydrogen-bond donors (Lipinski definition) is 0. The molecule has 0 aliphatic heterocycles. The summed E-state index contributed by atoms with van der Waals surface area (Å²) in [6.07, 6.45) is 0. The van der Waals surface area contributed by atoms with Crippen LogP contribution in [0.1, 0.15) is 20.8 Å². The average Bonchev–Trinajstić information content (AvgIpc) is 2.80. The first-order valence-electron chi connectivity index (χ1n) is 9.99. The fourth-order valence-corrected chi connectivity index (χ4v) is 3.17. The Morgan fingerprint density at radius 2 is 1.70 bits per heavy atom. The lowest BCUT2D eigenvalue weighted by Crippen LogP contribution is -2.36. The minimum Gasteiger partial charge on any atom is -0.497 e. The van der Waals surface area contributed by atoms with Crippen molar-refractivity contribution in [3.8, 4) is 23.0 Å². The Morgan fingerprint density at radius 1 is 1.00 bits per heavy atom. The summed E-state index contributed by atoms with van der Waals surface area (Å²) in [4.78, 5) is 25.3.